The molecule has 2 aromatic rings. The molecule has 8 heteroatoms. The number of hydrogen-bond donors (Lipinski definition) is 1. The number of nitro benzene ring substituents is 1. The van der Waals surface area contributed by atoms with Crippen LogP contribution in [0.4, 0.5) is 11.4 Å². The molecule has 1 amide bonds. The summed E-state index contributed by atoms with van der Waals surface area (Å²) in [4.78, 5) is 24.8. The minimum absolute atomic E-state index is 0.0699. The lowest BCUT2D eigenvalue weighted by molar-refractivity contribution is -0.384. The first-order valence-corrected chi connectivity index (χ1v) is 11.5. The summed E-state index contributed by atoms with van der Waals surface area (Å²) < 4.78 is 0. The Hall–Kier alpha value is -2.93. The van der Waals surface area contributed by atoms with E-state index in [1.54, 1.807) is 0 Å². The van der Waals surface area contributed by atoms with E-state index in [0.29, 0.717) is 16.0 Å². The van der Waals surface area contributed by atoms with Crippen molar-refractivity contribution >= 4 is 35.1 Å². The summed E-state index contributed by atoms with van der Waals surface area (Å²) in [6.07, 6.45) is 10.9. The Morgan fingerprint density at radius 3 is 2.38 bits per heavy atom. The van der Waals surface area contributed by atoms with Crippen molar-refractivity contribution in [3.63, 3.8) is 0 Å². The van der Waals surface area contributed by atoms with Crippen LogP contribution in [0.25, 0.3) is 0 Å². The normalized spacial score (nSPS) is 18.1. The summed E-state index contributed by atoms with van der Waals surface area (Å²) in [6.45, 7) is 2.13. The van der Waals surface area contributed by atoms with Crippen molar-refractivity contribution in [2.45, 2.75) is 44.9 Å². The standard InChI is InChI=1S/C24H27ClN4O3/c25-22-16-21(28-14-12-24(13-15-28)10-2-1-3-11-24)9-6-19(22)17-26-27-23(30)18-4-7-20(8-5-18)29(31)32/h4-9,16-17H,1-3,10-15H2,(H,27,30)/b26-17+. The lowest BCUT2D eigenvalue weighted by Crippen LogP contribution is -2.41. The Morgan fingerprint density at radius 1 is 1.06 bits per heavy atom. The molecule has 1 saturated heterocycles. The molecule has 0 atom stereocenters. The molecule has 32 heavy (non-hydrogen) atoms. The number of nitrogens with one attached hydrogen (secondary N) is 1. The summed E-state index contributed by atoms with van der Waals surface area (Å²) in [6, 6.07) is 11.3. The molecule has 2 aliphatic rings. The SMILES string of the molecule is O=C(N/N=C/c1ccc(N2CCC3(CCCCC3)CC2)cc1Cl)c1ccc([N+](=O)[O-])cc1. The molecule has 168 valence electrons. The average molecular weight is 455 g/mol. The van der Waals surface area contributed by atoms with E-state index in [2.05, 4.69) is 15.4 Å². The van der Waals surface area contributed by atoms with Gasteiger partial charge >= 0.3 is 0 Å². The summed E-state index contributed by atoms with van der Waals surface area (Å²) in [5.74, 6) is -0.450. The number of halogens is 1. The van der Waals surface area contributed by atoms with E-state index >= 15 is 0 Å². The Kier molecular flexibility index (Phi) is 6.74. The zero-order valence-corrected chi connectivity index (χ0v) is 18.7. The maximum absolute atomic E-state index is 12.2. The van der Waals surface area contributed by atoms with E-state index in [1.807, 2.05) is 18.2 Å². The second-order valence-electron chi connectivity index (χ2n) is 8.76. The van der Waals surface area contributed by atoms with Crippen molar-refractivity contribution in [3.05, 3.63) is 68.7 Å². The Labute approximate surface area is 192 Å². The Balaban J connectivity index is 1.33. The Bertz CT molecular complexity index is 1010. The van der Waals surface area contributed by atoms with Gasteiger partial charge in [-0.3, -0.25) is 14.9 Å². The van der Waals surface area contributed by atoms with Crippen LogP contribution in [-0.2, 0) is 0 Å². The van der Waals surface area contributed by atoms with Gasteiger partial charge in [0.25, 0.3) is 11.6 Å². The quantitative estimate of drug-likeness (QED) is 0.363. The van der Waals surface area contributed by atoms with E-state index in [1.165, 1.54) is 75.4 Å². The number of non-ortho nitro benzene ring substituents is 1. The van der Waals surface area contributed by atoms with Gasteiger partial charge < -0.3 is 4.90 Å². The van der Waals surface area contributed by atoms with E-state index < -0.39 is 10.8 Å². The van der Waals surface area contributed by atoms with Crippen molar-refractivity contribution < 1.29 is 9.72 Å². The van der Waals surface area contributed by atoms with Crippen LogP contribution in [0.1, 0.15) is 60.9 Å². The molecule has 1 spiro atoms. The fourth-order valence-electron chi connectivity index (χ4n) is 4.82. The predicted octanol–water partition coefficient (Wildman–Crippen LogP) is 5.56. The highest BCUT2D eigenvalue weighted by molar-refractivity contribution is 6.33. The molecule has 4 rings (SSSR count). The van der Waals surface area contributed by atoms with Crippen LogP contribution in [0.5, 0.6) is 0 Å². The molecule has 2 aromatic carbocycles. The van der Waals surface area contributed by atoms with Crippen LogP contribution in [0, 0.1) is 15.5 Å². The third kappa shape index (κ3) is 5.10. The lowest BCUT2D eigenvalue weighted by Gasteiger charge is -2.45. The van der Waals surface area contributed by atoms with Gasteiger partial charge in [-0.1, -0.05) is 30.9 Å². The van der Waals surface area contributed by atoms with Gasteiger partial charge in [0, 0.05) is 42.0 Å². The van der Waals surface area contributed by atoms with E-state index in [0.717, 1.165) is 18.8 Å². The number of benzene rings is 2. The maximum atomic E-state index is 12.2. The third-order valence-electron chi connectivity index (χ3n) is 6.80. The maximum Gasteiger partial charge on any atom is 0.271 e. The van der Waals surface area contributed by atoms with Crippen LogP contribution >= 0.6 is 11.6 Å². The molecule has 1 aliphatic heterocycles. The number of carbonyl (C=O) groups excluding carboxylic acids is 1. The molecule has 7 nitrogen and oxygen atoms in total. The molecule has 0 bridgehead atoms. The van der Waals surface area contributed by atoms with E-state index in [4.69, 9.17) is 11.6 Å². The van der Waals surface area contributed by atoms with Crippen LogP contribution in [0.15, 0.2) is 47.6 Å². The van der Waals surface area contributed by atoms with Gasteiger partial charge in [-0.15, -0.1) is 0 Å². The van der Waals surface area contributed by atoms with Crippen LogP contribution < -0.4 is 10.3 Å². The number of hydrazone groups is 1. The number of anilines is 1. The molecular formula is C24H27ClN4O3. The van der Waals surface area contributed by atoms with Crippen LogP contribution in [0.2, 0.25) is 5.02 Å². The number of piperidine rings is 1. The molecule has 0 radical (unpaired) electrons. The molecule has 1 N–H and O–H groups in total. The number of nitrogens with zero attached hydrogens (tertiary/aromatic N) is 3. The number of carbonyl (C=O) groups is 1. The fraction of sp³-hybridized carbons (Fsp3) is 0.417. The first-order chi connectivity index (χ1) is 15.5. The fourth-order valence-corrected chi connectivity index (χ4v) is 5.04. The first-order valence-electron chi connectivity index (χ1n) is 11.1. The summed E-state index contributed by atoms with van der Waals surface area (Å²) in [7, 11) is 0. The Morgan fingerprint density at radius 2 is 1.75 bits per heavy atom. The summed E-state index contributed by atoms with van der Waals surface area (Å²) >= 11 is 6.48. The average Bonchev–Trinajstić information content (AvgIpc) is 2.81. The van der Waals surface area contributed by atoms with Gasteiger partial charge in [0.1, 0.15) is 0 Å². The second kappa shape index (κ2) is 9.69. The third-order valence-corrected chi connectivity index (χ3v) is 7.12. The van der Waals surface area contributed by atoms with Gasteiger partial charge in [0.15, 0.2) is 0 Å². The molecular weight excluding hydrogens is 428 g/mol. The molecule has 1 saturated carbocycles. The molecule has 2 fully saturated rings. The smallest absolute Gasteiger partial charge is 0.271 e. The van der Waals surface area contributed by atoms with Crippen LogP contribution in [0.3, 0.4) is 0 Å². The highest BCUT2D eigenvalue weighted by atomic mass is 35.5. The first kappa shape index (κ1) is 22.3. The van der Waals surface area contributed by atoms with Crippen molar-refractivity contribution in [2.24, 2.45) is 10.5 Å². The predicted molar refractivity (Wildman–Crippen MR) is 127 cm³/mol. The topological polar surface area (TPSA) is 87.8 Å². The second-order valence-corrected chi connectivity index (χ2v) is 9.16. The van der Waals surface area contributed by atoms with Crippen molar-refractivity contribution in [1.29, 1.82) is 0 Å². The highest BCUT2D eigenvalue weighted by Crippen LogP contribution is 2.45. The molecule has 1 heterocycles. The van der Waals surface area contributed by atoms with Gasteiger partial charge in [0.05, 0.1) is 16.2 Å². The van der Waals surface area contributed by atoms with Crippen LogP contribution in [-0.4, -0.2) is 30.1 Å². The molecule has 1 aliphatic carbocycles. The number of amides is 1. The number of rotatable bonds is 5. The van der Waals surface area contributed by atoms with Gasteiger partial charge in [0.2, 0.25) is 0 Å². The number of nitro groups is 1. The largest absolute Gasteiger partial charge is 0.371 e. The minimum atomic E-state index is -0.510. The highest BCUT2D eigenvalue weighted by Gasteiger charge is 2.35. The molecule has 0 aromatic heterocycles. The zero-order chi connectivity index (χ0) is 22.6. The minimum Gasteiger partial charge on any atom is -0.371 e. The summed E-state index contributed by atoms with van der Waals surface area (Å²) in [5.41, 5.74) is 5.03. The zero-order valence-electron chi connectivity index (χ0n) is 17.9. The monoisotopic (exact) mass is 454 g/mol. The van der Waals surface area contributed by atoms with E-state index in [-0.39, 0.29) is 11.3 Å². The van der Waals surface area contributed by atoms with Crippen molar-refractivity contribution in [1.82, 2.24) is 5.43 Å². The van der Waals surface area contributed by atoms with Gasteiger partial charge in [-0.25, -0.2) is 5.43 Å². The summed E-state index contributed by atoms with van der Waals surface area (Å²) in [5, 5.41) is 15.3. The van der Waals surface area contributed by atoms with Crippen molar-refractivity contribution in [2.75, 3.05) is 18.0 Å². The molecule has 0 unspecified atom stereocenters. The van der Waals surface area contributed by atoms with Crippen molar-refractivity contribution in [3.8, 4) is 0 Å². The lowest BCUT2D eigenvalue weighted by atomic mass is 9.68. The number of hydrogen-bond acceptors (Lipinski definition) is 5. The van der Waals surface area contributed by atoms with E-state index in [9.17, 15) is 14.9 Å². The van der Waals surface area contributed by atoms with Gasteiger partial charge in [-0.05, 0) is 61.4 Å². The van der Waals surface area contributed by atoms with Gasteiger partial charge in [-0.2, -0.15) is 5.10 Å².